The molecule has 0 radical (unpaired) electrons. The van der Waals surface area contributed by atoms with Crippen LogP contribution in [0.5, 0.6) is 0 Å². The molecule has 3 nitrogen and oxygen atoms in total. The number of hydrogen-bond acceptors (Lipinski definition) is 3. The predicted octanol–water partition coefficient (Wildman–Crippen LogP) is 5.84. The molecule has 0 aromatic heterocycles. The van der Waals surface area contributed by atoms with E-state index >= 15 is 0 Å². The monoisotopic (exact) mass is 462 g/mol. The van der Waals surface area contributed by atoms with E-state index in [2.05, 4.69) is 0 Å². The van der Waals surface area contributed by atoms with Crippen molar-refractivity contribution in [2.75, 3.05) is 11.5 Å². The maximum Gasteiger partial charge on any atom is 0.171 e. The van der Waals surface area contributed by atoms with Crippen molar-refractivity contribution in [3.8, 4) is 11.1 Å². The average molecular weight is 463 g/mol. The number of hydrogen-bond donors (Lipinski definition) is 2. The number of benzene rings is 5. The summed E-state index contributed by atoms with van der Waals surface area (Å²) in [4.78, 5) is 0. The Labute approximate surface area is 201 Å². The molecule has 168 valence electrons. The Balaban J connectivity index is 0.000000172. The summed E-state index contributed by atoms with van der Waals surface area (Å²) in [6, 6.07) is 44.7. The minimum absolute atomic E-state index is 0.782. The Morgan fingerprint density at radius 2 is 0.647 bits per heavy atom. The lowest BCUT2D eigenvalue weighted by atomic mass is 10.1. The van der Waals surface area contributed by atoms with Gasteiger partial charge in [-0.1, -0.05) is 115 Å². The molecule has 0 aliphatic rings. The van der Waals surface area contributed by atoms with Gasteiger partial charge in [0.15, 0.2) is 7.14 Å². The van der Waals surface area contributed by atoms with Gasteiger partial charge in [-0.15, -0.1) is 0 Å². The highest BCUT2D eigenvalue weighted by atomic mass is 31.2. The van der Waals surface area contributed by atoms with Crippen molar-refractivity contribution in [3.05, 3.63) is 140 Å². The molecule has 5 aromatic carbocycles. The summed E-state index contributed by atoms with van der Waals surface area (Å²) in [6.45, 7) is 0. The van der Waals surface area contributed by atoms with Crippen LogP contribution in [0.15, 0.2) is 140 Å². The molecular formula is C30H27N2OP. The molecule has 4 heteroatoms. The second kappa shape index (κ2) is 10.7. The molecule has 0 saturated carbocycles. The Kier molecular flexibility index (Phi) is 7.27. The fraction of sp³-hybridized carbons (Fsp3) is 0. The molecule has 0 spiro atoms. The smallest absolute Gasteiger partial charge is 0.171 e. The van der Waals surface area contributed by atoms with Crippen molar-refractivity contribution in [2.24, 2.45) is 0 Å². The number of rotatable bonds is 4. The van der Waals surface area contributed by atoms with E-state index < -0.39 is 7.14 Å². The van der Waals surface area contributed by atoms with E-state index in [0.717, 1.165) is 38.4 Å². The Morgan fingerprint density at radius 1 is 0.382 bits per heavy atom. The lowest BCUT2D eigenvalue weighted by Gasteiger charge is -2.19. The van der Waals surface area contributed by atoms with Crippen LogP contribution in [-0.4, -0.2) is 0 Å². The van der Waals surface area contributed by atoms with Crippen LogP contribution in [0.2, 0.25) is 0 Å². The summed E-state index contributed by atoms with van der Waals surface area (Å²) in [6.07, 6.45) is 0. The summed E-state index contributed by atoms with van der Waals surface area (Å²) in [5.41, 5.74) is 15.1. The highest BCUT2D eigenvalue weighted by molar-refractivity contribution is 7.85. The van der Waals surface area contributed by atoms with Crippen LogP contribution in [0, 0.1) is 0 Å². The van der Waals surface area contributed by atoms with Crippen LogP contribution in [0.25, 0.3) is 11.1 Å². The second-order valence-corrected chi connectivity index (χ2v) is 10.6. The molecule has 0 aliphatic heterocycles. The van der Waals surface area contributed by atoms with Gasteiger partial charge in [-0.25, -0.2) is 0 Å². The van der Waals surface area contributed by atoms with Crippen molar-refractivity contribution in [3.63, 3.8) is 0 Å². The summed E-state index contributed by atoms with van der Waals surface area (Å²) in [5.74, 6) is 0. The fourth-order valence-electron chi connectivity index (χ4n) is 3.71. The molecule has 0 aliphatic carbocycles. The van der Waals surface area contributed by atoms with E-state index in [4.69, 9.17) is 11.5 Å². The van der Waals surface area contributed by atoms with Gasteiger partial charge in [-0.2, -0.15) is 0 Å². The minimum atomic E-state index is -2.78. The van der Waals surface area contributed by atoms with E-state index in [-0.39, 0.29) is 0 Å². The molecule has 5 aromatic rings. The third kappa shape index (κ3) is 5.28. The lowest BCUT2D eigenvalue weighted by Crippen LogP contribution is -2.24. The topological polar surface area (TPSA) is 69.1 Å². The summed E-state index contributed by atoms with van der Waals surface area (Å²) < 4.78 is 13.8. The van der Waals surface area contributed by atoms with Gasteiger partial charge in [0.1, 0.15) is 0 Å². The number of anilines is 2. The Morgan fingerprint density at radius 3 is 0.912 bits per heavy atom. The molecule has 0 amide bonds. The minimum Gasteiger partial charge on any atom is -0.399 e. The maximum absolute atomic E-state index is 13.8. The van der Waals surface area contributed by atoms with E-state index in [1.54, 1.807) is 0 Å². The lowest BCUT2D eigenvalue weighted by molar-refractivity contribution is 0.592. The molecule has 0 unspecified atom stereocenters. The zero-order valence-electron chi connectivity index (χ0n) is 18.8. The van der Waals surface area contributed by atoms with Gasteiger partial charge in [0.2, 0.25) is 0 Å². The van der Waals surface area contributed by atoms with Crippen molar-refractivity contribution < 1.29 is 4.57 Å². The Hall–Kier alpha value is -4.07. The van der Waals surface area contributed by atoms with Crippen LogP contribution < -0.4 is 27.4 Å². The Bertz CT molecular complexity index is 1210. The molecule has 0 fully saturated rings. The van der Waals surface area contributed by atoms with Crippen molar-refractivity contribution >= 4 is 34.4 Å². The van der Waals surface area contributed by atoms with Gasteiger partial charge in [0.05, 0.1) is 0 Å². The molecule has 0 atom stereocenters. The zero-order valence-corrected chi connectivity index (χ0v) is 19.7. The summed E-state index contributed by atoms with van der Waals surface area (Å²) >= 11 is 0. The van der Waals surface area contributed by atoms with E-state index in [9.17, 15) is 4.57 Å². The highest BCUT2D eigenvalue weighted by Crippen LogP contribution is 2.41. The first-order valence-corrected chi connectivity index (χ1v) is 12.8. The molecular weight excluding hydrogens is 435 g/mol. The zero-order chi connectivity index (χ0) is 23.8. The van der Waals surface area contributed by atoms with Crippen LogP contribution >= 0.6 is 7.14 Å². The van der Waals surface area contributed by atoms with Gasteiger partial charge in [0, 0.05) is 27.3 Å². The number of nitrogen functional groups attached to an aromatic ring is 2. The molecule has 0 bridgehead atoms. The van der Waals surface area contributed by atoms with Crippen LogP contribution in [0.3, 0.4) is 0 Å². The van der Waals surface area contributed by atoms with Gasteiger partial charge < -0.3 is 16.0 Å². The maximum atomic E-state index is 13.8. The van der Waals surface area contributed by atoms with Crippen molar-refractivity contribution in [1.29, 1.82) is 0 Å². The first-order chi connectivity index (χ1) is 16.6. The molecule has 0 heterocycles. The standard InChI is InChI=1S/C18H15OP.C12H12N2/c19-20(16-10-4-1-5-11-16,17-12-6-2-7-13-17)18-14-8-3-9-15-18;13-11-5-1-9(2-6-11)10-3-7-12(14)8-4-10/h1-15H;1-8H,13-14H2. The van der Waals surface area contributed by atoms with Crippen molar-refractivity contribution in [2.45, 2.75) is 0 Å². The molecule has 0 saturated heterocycles. The quantitative estimate of drug-likeness (QED) is 0.260. The van der Waals surface area contributed by atoms with Gasteiger partial charge >= 0.3 is 0 Å². The van der Waals surface area contributed by atoms with Gasteiger partial charge in [0.25, 0.3) is 0 Å². The van der Waals surface area contributed by atoms with Gasteiger partial charge in [-0.05, 0) is 35.4 Å². The highest BCUT2D eigenvalue weighted by Gasteiger charge is 2.28. The molecule has 5 rings (SSSR count). The summed E-state index contributed by atoms with van der Waals surface area (Å²) in [7, 11) is -2.78. The third-order valence-corrected chi connectivity index (χ3v) is 8.59. The van der Waals surface area contributed by atoms with Crippen LogP contribution in [0.4, 0.5) is 11.4 Å². The fourth-order valence-corrected chi connectivity index (χ4v) is 6.38. The predicted molar refractivity (Wildman–Crippen MR) is 147 cm³/mol. The molecule has 34 heavy (non-hydrogen) atoms. The van der Waals surface area contributed by atoms with Gasteiger partial charge in [-0.3, -0.25) is 0 Å². The van der Waals surface area contributed by atoms with Crippen molar-refractivity contribution in [1.82, 2.24) is 0 Å². The first-order valence-electron chi connectivity index (χ1n) is 11.1. The normalized spacial score (nSPS) is 10.7. The molecule has 4 N–H and O–H groups in total. The first kappa shape index (κ1) is 23.1. The van der Waals surface area contributed by atoms with E-state index in [1.165, 1.54) is 0 Å². The third-order valence-electron chi connectivity index (χ3n) is 5.51. The van der Waals surface area contributed by atoms with E-state index in [1.807, 2.05) is 140 Å². The van der Waals surface area contributed by atoms with E-state index in [0.29, 0.717) is 0 Å². The second-order valence-electron chi connectivity index (χ2n) is 7.86. The number of nitrogens with two attached hydrogens (primary N) is 2. The largest absolute Gasteiger partial charge is 0.399 e. The summed E-state index contributed by atoms with van der Waals surface area (Å²) in [5, 5.41) is 2.62. The van der Waals surface area contributed by atoms with Crippen LogP contribution in [-0.2, 0) is 4.57 Å². The van der Waals surface area contributed by atoms with Crippen LogP contribution in [0.1, 0.15) is 0 Å². The SMILES string of the molecule is Nc1ccc(-c2ccc(N)cc2)cc1.O=P(c1ccccc1)(c1ccccc1)c1ccccc1. The average Bonchev–Trinajstić information content (AvgIpc) is 2.91.